The Kier molecular flexibility index (Phi) is 7.86. The molecule has 2 heterocycles. The van der Waals surface area contributed by atoms with Gasteiger partial charge in [-0.2, -0.15) is 5.10 Å². The Morgan fingerprint density at radius 3 is 2.82 bits per heavy atom. The highest BCUT2D eigenvalue weighted by Gasteiger charge is 2.07. The molecular formula is C15H23IN6. The van der Waals surface area contributed by atoms with E-state index >= 15 is 0 Å². The van der Waals surface area contributed by atoms with Gasteiger partial charge in [0.2, 0.25) is 0 Å². The first kappa shape index (κ1) is 18.4. The zero-order valence-corrected chi connectivity index (χ0v) is 15.6. The van der Waals surface area contributed by atoms with Crippen molar-refractivity contribution in [3.63, 3.8) is 0 Å². The number of aryl methyl sites for hydroxylation is 1. The molecule has 0 aliphatic carbocycles. The third-order valence-corrected chi connectivity index (χ3v) is 3.14. The molecule has 0 atom stereocenters. The summed E-state index contributed by atoms with van der Waals surface area (Å²) in [6.45, 7) is 1.58. The number of rotatable bonds is 5. The Bertz CT molecular complexity index is 581. The van der Waals surface area contributed by atoms with Crippen LogP contribution in [0.2, 0.25) is 0 Å². The number of pyridine rings is 1. The van der Waals surface area contributed by atoms with Gasteiger partial charge in [0, 0.05) is 64.3 Å². The third-order valence-electron chi connectivity index (χ3n) is 3.14. The van der Waals surface area contributed by atoms with Crippen LogP contribution in [-0.4, -0.2) is 46.3 Å². The van der Waals surface area contributed by atoms with Gasteiger partial charge < -0.3 is 10.2 Å². The highest BCUT2D eigenvalue weighted by molar-refractivity contribution is 14.0. The van der Waals surface area contributed by atoms with Gasteiger partial charge >= 0.3 is 0 Å². The van der Waals surface area contributed by atoms with Gasteiger partial charge in [-0.1, -0.05) is 6.07 Å². The van der Waals surface area contributed by atoms with Crippen molar-refractivity contribution >= 4 is 29.9 Å². The van der Waals surface area contributed by atoms with Gasteiger partial charge in [-0.25, -0.2) is 0 Å². The molecule has 2 aromatic rings. The molecule has 0 unspecified atom stereocenters. The predicted molar refractivity (Wildman–Crippen MR) is 99.4 cm³/mol. The molecule has 0 fully saturated rings. The number of nitrogens with zero attached hydrogens (tertiary/aromatic N) is 5. The normalized spacial score (nSPS) is 11.0. The first-order valence-corrected chi connectivity index (χ1v) is 6.98. The van der Waals surface area contributed by atoms with Crippen LogP contribution in [0, 0.1) is 0 Å². The number of aliphatic imine (C=N–C) groups is 1. The maximum Gasteiger partial charge on any atom is 0.193 e. The summed E-state index contributed by atoms with van der Waals surface area (Å²) in [6.07, 6.45) is 6.58. The molecular weight excluding hydrogens is 391 g/mol. The number of guanidine groups is 1. The maximum absolute atomic E-state index is 4.31. The third kappa shape index (κ3) is 5.63. The molecule has 22 heavy (non-hydrogen) atoms. The SMILES string of the molecule is CN=C(NCCc1ccccn1)N(C)Cc1cnn(C)c1.I. The van der Waals surface area contributed by atoms with Crippen molar-refractivity contribution in [1.29, 1.82) is 0 Å². The fourth-order valence-electron chi connectivity index (χ4n) is 2.14. The molecule has 2 rings (SSSR count). The molecule has 0 radical (unpaired) electrons. The van der Waals surface area contributed by atoms with Crippen LogP contribution in [0.3, 0.4) is 0 Å². The van der Waals surface area contributed by atoms with Crippen LogP contribution >= 0.6 is 24.0 Å². The summed E-state index contributed by atoms with van der Waals surface area (Å²) in [4.78, 5) is 10.7. The van der Waals surface area contributed by atoms with Crippen molar-refractivity contribution in [1.82, 2.24) is 25.0 Å². The van der Waals surface area contributed by atoms with Gasteiger partial charge in [0.1, 0.15) is 0 Å². The van der Waals surface area contributed by atoms with Crippen LogP contribution in [0.15, 0.2) is 41.8 Å². The summed E-state index contributed by atoms with van der Waals surface area (Å²) in [6, 6.07) is 5.97. The van der Waals surface area contributed by atoms with Crippen molar-refractivity contribution in [3.8, 4) is 0 Å². The monoisotopic (exact) mass is 414 g/mol. The fourth-order valence-corrected chi connectivity index (χ4v) is 2.14. The standard InChI is InChI=1S/C15H22N6.HI/c1-16-15(18-9-7-14-6-4-5-8-17-14)20(2)11-13-10-19-21(3)12-13;/h4-6,8,10,12H,7,9,11H2,1-3H3,(H,16,18);1H. The van der Waals surface area contributed by atoms with E-state index in [4.69, 9.17) is 0 Å². The smallest absolute Gasteiger partial charge is 0.193 e. The summed E-state index contributed by atoms with van der Waals surface area (Å²) in [7, 11) is 5.73. The minimum absolute atomic E-state index is 0. The summed E-state index contributed by atoms with van der Waals surface area (Å²) in [5, 5.41) is 7.53. The molecule has 120 valence electrons. The molecule has 6 nitrogen and oxygen atoms in total. The van der Waals surface area contributed by atoms with Gasteiger partial charge in [-0.3, -0.25) is 14.7 Å². The average molecular weight is 414 g/mol. The minimum atomic E-state index is 0. The second kappa shape index (κ2) is 9.39. The predicted octanol–water partition coefficient (Wildman–Crippen LogP) is 1.68. The molecule has 1 N–H and O–H groups in total. The Morgan fingerprint density at radius 2 is 2.23 bits per heavy atom. The van der Waals surface area contributed by atoms with Crippen LogP contribution in [0.4, 0.5) is 0 Å². The molecule has 0 bridgehead atoms. The van der Waals surface area contributed by atoms with Crippen molar-refractivity contribution in [2.24, 2.45) is 12.0 Å². The van der Waals surface area contributed by atoms with Gasteiger partial charge in [-0.05, 0) is 12.1 Å². The van der Waals surface area contributed by atoms with E-state index in [2.05, 4.69) is 25.3 Å². The van der Waals surface area contributed by atoms with Crippen molar-refractivity contribution in [2.75, 3.05) is 20.6 Å². The van der Waals surface area contributed by atoms with E-state index in [0.29, 0.717) is 0 Å². The minimum Gasteiger partial charge on any atom is -0.356 e. The summed E-state index contributed by atoms with van der Waals surface area (Å²) in [5.41, 5.74) is 2.24. The Hall–Kier alpha value is -1.64. The number of hydrogen-bond donors (Lipinski definition) is 1. The zero-order valence-electron chi connectivity index (χ0n) is 13.2. The van der Waals surface area contributed by atoms with Crippen molar-refractivity contribution in [3.05, 3.63) is 48.0 Å². The largest absolute Gasteiger partial charge is 0.356 e. The first-order chi connectivity index (χ1) is 10.2. The van der Waals surface area contributed by atoms with E-state index in [1.165, 1.54) is 0 Å². The van der Waals surface area contributed by atoms with Gasteiger partial charge in [0.05, 0.1) is 6.20 Å². The summed E-state index contributed by atoms with van der Waals surface area (Å²) in [5.74, 6) is 0.870. The van der Waals surface area contributed by atoms with Gasteiger partial charge in [-0.15, -0.1) is 24.0 Å². The Morgan fingerprint density at radius 1 is 1.41 bits per heavy atom. The van der Waals surface area contributed by atoms with E-state index in [-0.39, 0.29) is 24.0 Å². The van der Waals surface area contributed by atoms with Crippen LogP contribution in [0.1, 0.15) is 11.3 Å². The maximum atomic E-state index is 4.31. The van der Waals surface area contributed by atoms with Crippen LogP contribution in [-0.2, 0) is 20.0 Å². The molecule has 0 spiro atoms. The highest BCUT2D eigenvalue weighted by Crippen LogP contribution is 2.01. The van der Waals surface area contributed by atoms with E-state index in [1.807, 2.05) is 50.9 Å². The highest BCUT2D eigenvalue weighted by atomic mass is 127. The van der Waals surface area contributed by atoms with Crippen LogP contribution in [0.25, 0.3) is 0 Å². The van der Waals surface area contributed by atoms with E-state index in [1.54, 1.807) is 11.7 Å². The van der Waals surface area contributed by atoms with Crippen molar-refractivity contribution < 1.29 is 0 Å². The molecule has 0 aromatic carbocycles. The average Bonchev–Trinajstić information content (AvgIpc) is 2.89. The molecule has 0 aliphatic heterocycles. The van der Waals surface area contributed by atoms with Gasteiger partial charge in [0.15, 0.2) is 5.96 Å². The van der Waals surface area contributed by atoms with E-state index in [0.717, 1.165) is 36.7 Å². The molecule has 2 aromatic heterocycles. The molecule has 0 aliphatic rings. The van der Waals surface area contributed by atoms with Gasteiger partial charge in [0.25, 0.3) is 0 Å². The molecule has 7 heteroatoms. The number of halogens is 1. The quantitative estimate of drug-likeness (QED) is 0.460. The Balaban J connectivity index is 0.00000242. The van der Waals surface area contributed by atoms with Crippen molar-refractivity contribution in [2.45, 2.75) is 13.0 Å². The number of aromatic nitrogens is 3. The lowest BCUT2D eigenvalue weighted by molar-refractivity contribution is 0.477. The Labute approximate surface area is 148 Å². The zero-order chi connectivity index (χ0) is 15.1. The molecule has 0 saturated heterocycles. The number of nitrogens with one attached hydrogen (secondary N) is 1. The summed E-state index contributed by atoms with van der Waals surface area (Å²) < 4.78 is 1.81. The van der Waals surface area contributed by atoms with Crippen LogP contribution in [0.5, 0.6) is 0 Å². The second-order valence-corrected chi connectivity index (χ2v) is 4.92. The van der Waals surface area contributed by atoms with Crippen LogP contribution < -0.4 is 5.32 Å². The lowest BCUT2D eigenvalue weighted by Crippen LogP contribution is -2.39. The lowest BCUT2D eigenvalue weighted by Gasteiger charge is -2.21. The lowest BCUT2D eigenvalue weighted by atomic mass is 10.3. The summed E-state index contributed by atoms with van der Waals surface area (Å²) >= 11 is 0. The van der Waals surface area contributed by atoms with E-state index in [9.17, 15) is 0 Å². The first-order valence-electron chi connectivity index (χ1n) is 6.98. The second-order valence-electron chi connectivity index (χ2n) is 4.92. The molecule has 0 amide bonds. The van der Waals surface area contributed by atoms with E-state index < -0.39 is 0 Å². The fraction of sp³-hybridized carbons (Fsp3) is 0.400. The topological polar surface area (TPSA) is 58.3 Å². The number of hydrogen-bond acceptors (Lipinski definition) is 3. The molecule has 0 saturated carbocycles.